The molecule has 1 atom stereocenters. The van der Waals surface area contributed by atoms with Crippen molar-refractivity contribution in [1.29, 1.82) is 0 Å². The number of carbonyl (C=O) groups is 1. The fraction of sp³-hybridized carbons (Fsp3) is 0.333. The molecule has 1 amide bonds. The van der Waals surface area contributed by atoms with E-state index in [2.05, 4.69) is 5.32 Å². The molecule has 1 aromatic rings. The minimum atomic E-state index is -0.839. The number of thiocarbonyl (C=S) groups is 1. The summed E-state index contributed by atoms with van der Waals surface area (Å²) < 4.78 is 26.1. The molecular formula is C12H14F2N2OS. The molecule has 18 heavy (non-hydrogen) atoms. The van der Waals surface area contributed by atoms with Crippen LogP contribution in [0.1, 0.15) is 13.8 Å². The Balaban J connectivity index is 2.89. The zero-order valence-corrected chi connectivity index (χ0v) is 10.9. The van der Waals surface area contributed by atoms with Crippen LogP contribution in [0.15, 0.2) is 18.2 Å². The molecule has 6 heteroatoms. The summed E-state index contributed by atoms with van der Waals surface area (Å²) in [6, 6.07) is 2.91. The lowest BCUT2D eigenvalue weighted by Crippen LogP contribution is -2.36. The highest BCUT2D eigenvalue weighted by Gasteiger charge is 2.25. The molecule has 0 spiro atoms. The standard InChI is InChI=1S/C12H14F2N2OS/c1-6(2)10(11(15)18)12(17)16-9-4-3-7(13)5-8(9)14/h3-6,10H,1-2H3,(H2,15,18)(H,16,17). The summed E-state index contributed by atoms with van der Waals surface area (Å²) in [6.07, 6.45) is 0. The summed E-state index contributed by atoms with van der Waals surface area (Å²) in [6.45, 7) is 3.56. The lowest BCUT2D eigenvalue weighted by atomic mass is 9.95. The Hall–Kier alpha value is -1.56. The Morgan fingerprint density at radius 1 is 1.39 bits per heavy atom. The normalized spacial score (nSPS) is 12.3. The van der Waals surface area contributed by atoms with Gasteiger partial charge in [0.05, 0.1) is 16.6 Å². The van der Waals surface area contributed by atoms with Gasteiger partial charge in [0.2, 0.25) is 5.91 Å². The summed E-state index contributed by atoms with van der Waals surface area (Å²) in [7, 11) is 0. The Labute approximate surface area is 109 Å². The summed E-state index contributed by atoms with van der Waals surface area (Å²) >= 11 is 4.80. The van der Waals surface area contributed by atoms with E-state index in [1.54, 1.807) is 13.8 Å². The zero-order valence-electron chi connectivity index (χ0n) is 10.0. The number of rotatable bonds is 4. The number of anilines is 1. The van der Waals surface area contributed by atoms with E-state index in [4.69, 9.17) is 18.0 Å². The lowest BCUT2D eigenvalue weighted by Gasteiger charge is -2.19. The van der Waals surface area contributed by atoms with Gasteiger partial charge in [-0.15, -0.1) is 0 Å². The molecule has 0 heterocycles. The van der Waals surface area contributed by atoms with E-state index in [-0.39, 0.29) is 16.6 Å². The molecule has 1 rings (SSSR count). The predicted octanol–water partition coefficient (Wildman–Crippen LogP) is 2.46. The minimum Gasteiger partial charge on any atom is -0.393 e. The second-order valence-corrected chi connectivity index (χ2v) is 4.71. The smallest absolute Gasteiger partial charge is 0.234 e. The van der Waals surface area contributed by atoms with Crippen molar-refractivity contribution in [3.8, 4) is 0 Å². The van der Waals surface area contributed by atoms with Crippen molar-refractivity contribution < 1.29 is 13.6 Å². The van der Waals surface area contributed by atoms with Crippen LogP contribution in [0.2, 0.25) is 0 Å². The average molecular weight is 272 g/mol. The topological polar surface area (TPSA) is 55.1 Å². The van der Waals surface area contributed by atoms with Crippen LogP contribution in [0.5, 0.6) is 0 Å². The molecule has 0 radical (unpaired) electrons. The van der Waals surface area contributed by atoms with Crippen LogP contribution in [0, 0.1) is 23.5 Å². The molecule has 1 unspecified atom stereocenters. The van der Waals surface area contributed by atoms with E-state index < -0.39 is 23.5 Å². The average Bonchev–Trinajstić information content (AvgIpc) is 2.21. The molecule has 0 saturated heterocycles. The summed E-state index contributed by atoms with van der Waals surface area (Å²) in [5.74, 6) is -2.84. The van der Waals surface area contributed by atoms with Crippen molar-refractivity contribution in [1.82, 2.24) is 0 Å². The van der Waals surface area contributed by atoms with Gasteiger partial charge in [-0.1, -0.05) is 26.1 Å². The van der Waals surface area contributed by atoms with E-state index in [1.165, 1.54) is 0 Å². The SMILES string of the molecule is CC(C)C(C(=O)Nc1ccc(F)cc1F)C(N)=S. The van der Waals surface area contributed by atoms with E-state index in [1.807, 2.05) is 0 Å². The number of nitrogens with one attached hydrogen (secondary N) is 1. The van der Waals surface area contributed by atoms with Crippen molar-refractivity contribution >= 4 is 28.8 Å². The number of benzene rings is 1. The van der Waals surface area contributed by atoms with Gasteiger partial charge in [0.15, 0.2) is 0 Å². The van der Waals surface area contributed by atoms with Crippen molar-refractivity contribution in [3.05, 3.63) is 29.8 Å². The Morgan fingerprint density at radius 2 is 2.00 bits per heavy atom. The minimum absolute atomic E-state index is 0.0463. The van der Waals surface area contributed by atoms with Gasteiger partial charge in [0.1, 0.15) is 11.6 Å². The van der Waals surface area contributed by atoms with Crippen molar-refractivity contribution in [2.45, 2.75) is 13.8 Å². The van der Waals surface area contributed by atoms with Gasteiger partial charge in [-0.05, 0) is 18.1 Å². The van der Waals surface area contributed by atoms with Crippen LogP contribution >= 0.6 is 12.2 Å². The first kappa shape index (κ1) is 14.5. The van der Waals surface area contributed by atoms with E-state index in [0.29, 0.717) is 6.07 Å². The quantitative estimate of drug-likeness (QED) is 0.828. The maximum absolute atomic E-state index is 13.4. The molecule has 0 aliphatic rings. The molecule has 0 bridgehead atoms. The van der Waals surface area contributed by atoms with Crippen LogP contribution in [0.25, 0.3) is 0 Å². The Bertz CT molecular complexity index is 477. The highest BCUT2D eigenvalue weighted by Crippen LogP contribution is 2.18. The molecule has 0 fully saturated rings. The lowest BCUT2D eigenvalue weighted by molar-refractivity contribution is -0.118. The molecule has 0 aromatic heterocycles. The molecule has 0 saturated carbocycles. The largest absolute Gasteiger partial charge is 0.393 e. The molecule has 1 aromatic carbocycles. The third kappa shape index (κ3) is 3.46. The summed E-state index contributed by atoms with van der Waals surface area (Å²) in [5, 5.41) is 2.35. The summed E-state index contributed by atoms with van der Waals surface area (Å²) in [4.78, 5) is 11.9. The van der Waals surface area contributed by atoms with E-state index in [0.717, 1.165) is 12.1 Å². The fourth-order valence-corrected chi connectivity index (χ4v) is 1.94. The van der Waals surface area contributed by atoms with Crippen molar-refractivity contribution in [3.63, 3.8) is 0 Å². The van der Waals surface area contributed by atoms with Crippen LogP contribution in [0.4, 0.5) is 14.5 Å². The third-order valence-corrected chi connectivity index (χ3v) is 2.70. The first-order valence-electron chi connectivity index (χ1n) is 5.38. The number of nitrogens with two attached hydrogens (primary N) is 1. The highest BCUT2D eigenvalue weighted by atomic mass is 32.1. The molecule has 3 nitrogen and oxygen atoms in total. The molecular weight excluding hydrogens is 258 g/mol. The zero-order chi connectivity index (χ0) is 13.9. The summed E-state index contributed by atoms with van der Waals surface area (Å²) in [5.41, 5.74) is 5.38. The number of amides is 1. The van der Waals surface area contributed by atoms with E-state index in [9.17, 15) is 13.6 Å². The monoisotopic (exact) mass is 272 g/mol. The van der Waals surface area contributed by atoms with Gasteiger partial charge in [-0.2, -0.15) is 0 Å². The molecule has 0 aliphatic heterocycles. The fourth-order valence-electron chi connectivity index (χ4n) is 1.56. The first-order valence-corrected chi connectivity index (χ1v) is 5.79. The second kappa shape index (κ2) is 5.86. The highest BCUT2D eigenvalue weighted by molar-refractivity contribution is 7.80. The maximum Gasteiger partial charge on any atom is 0.234 e. The molecule has 0 aliphatic carbocycles. The van der Waals surface area contributed by atoms with Crippen molar-refractivity contribution in [2.75, 3.05) is 5.32 Å². The molecule has 3 N–H and O–H groups in total. The van der Waals surface area contributed by atoms with Gasteiger partial charge >= 0.3 is 0 Å². The number of halogens is 2. The van der Waals surface area contributed by atoms with Gasteiger partial charge in [0.25, 0.3) is 0 Å². The Kier molecular flexibility index (Phi) is 4.72. The Morgan fingerprint density at radius 3 is 2.44 bits per heavy atom. The second-order valence-electron chi connectivity index (χ2n) is 4.24. The van der Waals surface area contributed by atoms with Crippen LogP contribution in [0.3, 0.4) is 0 Å². The van der Waals surface area contributed by atoms with Gasteiger partial charge in [0, 0.05) is 6.07 Å². The van der Waals surface area contributed by atoms with Crippen LogP contribution < -0.4 is 11.1 Å². The van der Waals surface area contributed by atoms with Crippen molar-refractivity contribution in [2.24, 2.45) is 17.6 Å². The number of hydrogen-bond acceptors (Lipinski definition) is 2. The number of hydrogen-bond donors (Lipinski definition) is 2. The van der Waals surface area contributed by atoms with Gasteiger partial charge in [-0.25, -0.2) is 8.78 Å². The first-order chi connectivity index (χ1) is 8.32. The predicted molar refractivity (Wildman–Crippen MR) is 70.1 cm³/mol. The van der Waals surface area contributed by atoms with E-state index >= 15 is 0 Å². The van der Waals surface area contributed by atoms with Gasteiger partial charge in [-0.3, -0.25) is 4.79 Å². The number of carbonyl (C=O) groups excluding carboxylic acids is 1. The maximum atomic E-state index is 13.4. The van der Waals surface area contributed by atoms with Crippen LogP contribution in [-0.2, 0) is 4.79 Å². The third-order valence-electron chi connectivity index (χ3n) is 2.44. The molecule has 98 valence electrons. The van der Waals surface area contributed by atoms with Crippen LogP contribution in [-0.4, -0.2) is 10.9 Å². The van der Waals surface area contributed by atoms with Gasteiger partial charge < -0.3 is 11.1 Å².